The fourth-order valence-electron chi connectivity index (χ4n) is 3.36. The van der Waals surface area contributed by atoms with Crippen LogP contribution >= 0.6 is 33.9 Å². The van der Waals surface area contributed by atoms with Gasteiger partial charge in [-0.25, -0.2) is 4.99 Å². The molecule has 0 aliphatic carbocycles. The van der Waals surface area contributed by atoms with Crippen molar-refractivity contribution in [3.05, 3.63) is 93.7 Å². The zero-order valence-electron chi connectivity index (χ0n) is 13.8. The van der Waals surface area contributed by atoms with E-state index in [2.05, 4.69) is 93.6 Å². The SMILES string of the molecule is IC1=CC(c2ccc3c(c2)sc2ccccc23)NC(c2ccccc2)=N1. The second kappa shape index (κ2) is 6.52. The molecule has 1 unspecified atom stereocenters. The number of halogens is 1. The lowest BCUT2D eigenvalue weighted by atomic mass is 10.0. The average molecular weight is 466 g/mol. The van der Waals surface area contributed by atoms with Crippen LogP contribution in [0, 0.1) is 0 Å². The van der Waals surface area contributed by atoms with Crippen molar-refractivity contribution < 1.29 is 0 Å². The third-order valence-corrected chi connectivity index (χ3v) is 6.36. The summed E-state index contributed by atoms with van der Waals surface area (Å²) in [5.41, 5.74) is 2.38. The highest BCUT2D eigenvalue weighted by Crippen LogP contribution is 2.36. The Morgan fingerprint density at radius 2 is 1.62 bits per heavy atom. The summed E-state index contributed by atoms with van der Waals surface area (Å²) >= 11 is 4.16. The molecule has 0 bridgehead atoms. The maximum atomic E-state index is 4.68. The number of hydrogen-bond donors (Lipinski definition) is 1. The summed E-state index contributed by atoms with van der Waals surface area (Å²) < 4.78 is 3.69. The lowest BCUT2D eigenvalue weighted by Crippen LogP contribution is -2.30. The van der Waals surface area contributed by atoms with Gasteiger partial charge in [0, 0.05) is 25.7 Å². The Hall–Kier alpha value is -2.18. The second-order valence-corrected chi connectivity index (χ2v) is 8.48. The number of amidine groups is 1. The molecule has 5 rings (SSSR count). The Labute approximate surface area is 169 Å². The molecule has 1 aliphatic heterocycles. The minimum atomic E-state index is 0.129. The van der Waals surface area contributed by atoms with Crippen LogP contribution in [0.1, 0.15) is 17.2 Å². The number of rotatable bonds is 2. The molecule has 1 aliphatic rings. The zero-order chi connectivity index (χ0) is 17.5. The highest BCUT2D eigenvalue weighted by atomic mass is 127. The van der Waals surface area contributed by atoms with E-state index in [-0.39, 0.29) is 6.04 Å². The lowest BCUT2D eigenvalue weighted by Gasteiger charge is -2.22. The van der Waals surface area contributed by atoms with Crippen LogP contribution in [0.4, 0.5) is 0 Å². The van der Waals surface area contributed by atoms with Gasteiger partial charge in [-0.1, -0.05) is 60.7 Å². The molecule has 4 heteroatoms. The van der Waals surface area contributed by atoms with Gasteiger partial charge in [-0.3, -0.25) is 0 Å². The summed E-state index contributed by atoms with van der Waals surface area (Å²) in [4.78, 5) is 4.68. The van der Waals surface area contributed by atoms with Crippen molar-refractivity contribution in [2.24, 2.45) is 4.99 Å². The maximum absolute atomic E-state index is 4.68. The van der Waals surface area contributed by atoms with Crippen molar-refractivity contribution >= 4 is 59.9 Å². The largest absolute Gasteiger partial charge is 0.359 e. The molecular formula is C22H15IN2S. The molecule has 0 saturated carbocycles. The van der Waals surface area contributed by atoms with E-state index < -0.39 is 0 Å². The van der Waals surface area contributed by atoms with E-state index in [0.29, 0.717) is 0 Å². The van der Waals surface area contributed by atoms with Crippen LogP contribution in [0.3, 0.4) is 0 Å². The lowest BCUT2D eigenvalue weighted by molar-refractivity contribution is 0.777. The number of nitrogens with one attached hydrogen (secondary N) is 1. The number of thiophene rings is 1. The normalized spacial score (nSPS) is 17.0. The van der Waals surface area contributed by atoms with Gasteiger partial charge in [0.1, 0.15) is 9.54 Å². The van der Waals surface area contributed by atoms with Gasteiger partial charge in [-0.05, 0) is 46.4 Å². The molecule has 0 fully saturated rings. The van der Waals surface area contributed by atoms with E-state index in [1.54, 1.807) is 0 Å². The van der Waals surface area contributed by atoms with E-state index in [1.807, 2.05) is 29.5 Å². The van der Waals surface area contributed by atoms with Crippen molar-refractivity contribution in [3.63, 3.8) is 0 Å². The Bertz CT molecular complexity index is 1170. The van der Waals surface area contributed by atoms with Crippen molar-refractivity contribution in [2.45, 2.75) is 6.04 Å². The van der Waals surface area contributed by atoms with Gasteiger partial charge in [0.05, 0.1) is 6.04 Å². The number of nitrogens with zero attached hydrogens (tertiary/aromatic N) is 1. The van der Waals surface area contributed by atoms with Crippen LogP contribution in [0.25, 0.3) is 20.2 Å². The van der Waals surface area contributed by atoms with Crippen LogP contribution in [0.2, 0.25) is 0 Å². The average Bonchev–Trinajstić information content (AvgIpc) is 3.06. The predicted octanol–water partition coefficient (Wildman–Crippen LogP) is 6.42. The maximum Gasteiger partial charge on any atom is 0.135 e. The van der Waals surface area contributed by atoms with Crippen molar-refractivity contribution in [2.75, 3.05) is 0 Å². The van der Waals surface area contributed by atoms with Gasteiger partial charge in [-0.2, -0.15) is 0 Å². The summed E-state index contributed by atoms with van der Waals surface area (Å²) in [6, 6.07) is 25.8. The molecule has 0 saturated heterocycles. The first-order valence-electron chi connectivity index (χ1n) is 8.47. The molecule has 1 N–H and O–H groups in total. The Balaban J connectivity index is 1.55. The van der Waals surface area contributed by atoms with E-state index in [0.717, 1.165) is 15.1 Å². The van der Waals surface area contributed by atoms with Gasteiger partial charge >= 0.3 is 0 Å². The van der Waals surface area contributed by atoms with E-state index in [4.69, 9.17) is 0 Å². The van der Waals surface area contributed by atoms with Gasteiger partial charge in [0.2, 0.25) is 0 Å². The summed E-state index contributed by atoms with van der Waals surface area (Å²) in [5.74, 6) is 0.930. The third-order valence-electron chi connectivity index (χ3n) is 4.62. The van der Waals surface area contributed by atoms with Gasteiger partial charge in [-0.15, -0.1) is 11.3 Å². The highest BCUT2D eigenvalue weighted by molar-refractivity contribution is 14.1. The van der Waals surface area contributed by atoms with Crippen molar-refractivity contribution in [1.82, 2.24) is 5.32 Å². The summed E-state index contributed by atoms with van der Waals surface area (Å²) in [5, 5.41) is 6.26. The zero-order valence-corrected chi connectivity index (χ0v) is 16.8. The van der Waals surface area contributed by atoms with Crippen LogP contribution in [0.5, 0.6) is 0 Å². The molecule has 126 valence electrons. The van der Waals surface area contributed by atoms with Crippen molar-refractivity contribution in [1.29, 1.82) is 0 Å². The predicted molar refractivity (Wildman–Crippen MR) is 120 cm³/mol. The number of fused-ring (bicyclic) bond motifs is 3. The first-order valence-corrected chi connectivity index (χ1v) is 10.4. The van der Waals surface area contributed by atoms with E-state index >= 15 is 0 Å². The van der Waals surface area contributed by atoms with Crippen LogP contribution in [-0.4, -0.2) is 5.84 Å². The first kappa shape index (κ1) is 16.0. The first-order chi connectivity index (χ1) is 12.8. The minimum Gasteiger partial charge on any atom is -0.359 e. The molecule has 1 atom stereocenters. The second-order valence-electron chi connectivity index (χ2n) is 6.29. The molecule has 0 amide bonds. The number of aliphatic imine (C=N–C) groups is 1. The summed E-state index contributed by atoms with van der Waals surface area (Å²) in [6.45, 7) is 0. The number of benzene rings is 3. The monoisotopic (exact) mass is 466 g/mol. The molecule has 26 heavy (non-hydrogen) atoms. The highest BCUT2D eigenvalue weighted by Gasteiger charge is 2.18. The molecule has 1 aromatic heterocycles. The quantitative estimate of drug-likeness (QED) is 0.268. The molecule has 2 heterocycles. The molecule has 2 nitrogen and oxygen atoms in total. The molecule has 0 radical (unpaired) electrons. The Morgan fingerprint density at radius 1 is 0.846 bits per heavy atom. The Morgan fingerprint density at radius 3 is 2.50 bits per heavy atom. The standard InChI is InChI=1S/C22H15IN2S/c23-21-13-18(24-22(25-21)14-6-2-1-3-7-14)15-10-11-17-16-8-4-5-9-19(16)26-20(17)12-15/h1-13,18H,(H,24,25). The van der Waals surface area contributed by atoms with E-state index in [1.165, 1.54) is 25.7 Å². The number of hydrogen-bond acceptors (Lipinski definition) is 3. The van der Waals surface area contributed by atoms with Crippen LogP contribution < -0.4 is 5.32 Å². The molecule has 0 spiro atoms. The van der Waals surface area contributed by atoms with E-state index in [9.17, 15) is 0 Å². The molecule has 3 aromatic carbocycles. The smallest absolute Gasteiger partial charge is 0.135 e. The summed E-state index contributed by atoms with van der Waals surface area (Å²) in [7, 11) is 0. The van der Waals surface area contributed by atoms with Crippen LogP contribution in [-0.2, 0) is 0 Å². The van der Waals surface area contributed by atoms with Crippen molar-refractivity contribution in [3.8, 4) is 0 Å². The minimum absolute atomic E-state index is 0.129. The van der Waals surface area contributed by atoms with Gasteiger partial charge < -0.3 is 5.32 Å². The topological polar surface area (TPSA) is 24.4 Å². The van der Waals surface area contributed by atoms with Gasteiger partial charge in [0.25, 0.3) is 0 Å². The van der Waals surface area contributed by atoms with Crippen LogP contribution in [0.15, 0.2) is 87.6 Å². The fourth-order valence-corrected chi connectivity index (χ4v) is 5.12. The fraction of sp³-hybridized carbons (Fsp3) is 0.0455. The third kappa shape index (κ3) is 2.83. The molecular weight excluding hydrogens is 451 g/mol. The Kier molecular flexibility index (Phi) is 4.02. The van der Waals surface area contributed by atoms with Gasteiger partial charge in [0.15, 0.2) is 0 Å². The molecule has 4 aromatic rings. The summed E-state index contributed by atoms with van der Waals surface area (Å²) in [6.07, 6.45) is 2.18.